The molecule has 0 aromatic heterocycles. The molecule has 0 aliphatic rings. The molecule has 0 saturated carbocycles. The Balaban J connectivity index is 1.69. The summed E-state index contributed by atoms with van der Waals surface area (Å²) in [6.45, 7) is 4.94. The molecule has 3 aromatic rings. The lowest BCUT2D eigenvalue weighted by Gasteiger charge is -2.21. The molecule has 196 valence electrons. The molecule has 0 fully saturated rings. The minimum Gasteiger partial charge on any atom is -0.497 e. The molecule has 7 nitrogen and oxygen atoms in total. The van der Waals surface area contributed by atoms with Crippen LogP contribution in [0.25, 0.3) is 0 Å². The van der Waals surface area contributed by atoms with Crippen LogP contribution in [0.15, 0.2) is 72.8 Å². The number of methoxy groups -OCH3 is 2. The highest BCUT2D eigenvalue weighted by molar-refractivity contribution is 5.82. The number of hydrogen-bond acceptors (Lipinski definition) is 5. The fraction of sp³-hybridized carbons (Fsp3) is 0.333. The van der Waals surface area contributed by atoms with E-state index in [1.165, 1.54) is 0 Å². The Bertz CT molecular complexity index is 1060. The van der Waals surface area contributed by atoms with Crippen molar-refractivity contribution < 1.29 is 23.8 Å². The van der Waals surface area contributed by atoms with E-state index in [1.54, 1.807) is 14.2 Å². The number of benzene rings is 3. The first-order valence-electron chi connectivity index (χ1n) is 12.4. The number of hydrogen-bond donors (Lipinski definition) is 2. The van der Waals surface area contributed by atoms with Crippen molar-refractivity contribution in [1.82, 2.24) is 10.6 Å². The number of carbonyl (C=O) groups excluding carboxylic acids is 2. The van der Waals surface area contributed by atoms with E-state index < -0.39 is 6.17 Å². The Morgan fingerprint density at radius 1 is 0.676 bits per heavy atom. The molecule has 2 N–H and O–H groups in total. The second-order valence-electron chi connectivity index (χ2n) is 9.22. The summed E-state index contributed by atoms with van der Waals surface area (Å²) < 4.78 is 16.2. The first kappa shape index (κ1) is 27.6. The summed E-state index contributed by atoms with van der Waals surface area (Å²) in [6, 6.07) is 22.1. The van der Waals surface area contributed by atoms with E-state index in [2.05, 4.69) is 24.5 Å². The topological polar surface area (TPSA) is 85.9 Å². The van der Waals surface area contributed by atoms with Gasteiger partial charge in [-0.25, -0.2) is 0 Å². The fourth-order valence-electron chi connectivity index (χ4n) is 3.65. The van der Waals surface area contributed by atoms with E-state index in [1.807, 2.05) is 72.8 Å². The zero-order valence-corrected chi connectivity index (χ0v) is 22.0. The Morgan fingerprint density at radius 3 is 1.51 bits per heavy atom. The maximum Gasteiger partial charge on any atom is 0.226 e. The van der Waals surface area contributed by atoms with Gasteiger partial charge in [-0.15, -0.1) is 0 Å². The smallest absolute Gasteiger partial charge is 0.226 e. The second kappa shape index (κ2) is 13.9. The Morgan fingerprint density at radius 2 is 1.11 bits per heavy atom. The second-order valence-corrected chi connectivity index (χ2v) is 9.22. The number of carbonyl (C=O) groups is 2. The molecule has 0 spiro atoms. The van der Waals surface area contributed by atoms with Crippen molar-refractivity contribution in [3.8, 4) is 17.2 Å². The SMILES string of the molecule is COc1ccc(CC(=O)NC(NC(=O)Cc2ccc(OC)cc2)c2ccc(OCCC(C)C)cc2)cc1. The van der Waals surface area contributed by atoms with Gasteiger partial charge in [-0.1, -0.05) is 50.2 Å². The van der Waals surface area contributed by atoms with Crippen molar-refractivity contribution in [2.24, 2.45) is 5.92 Å². The lowest BCUT2D eigenvalue weighted by molar-refractivity contribution is -0.123. The zero-order valence-electron chi connectivity index (χ0n) is 22.0. The van der Waals surface area contributed by atoms with Crippen LogP contribution in [0.3, 0.4) is 0 Å². The quantitative estimate of drug-likeness (QED) is 0.325. The number of ether oxygens (including phenoxy) is 3. The highest BCUT2D eigenvalue weighted by Crippen LogP contribution is 2.19. The third-order valence-electron chi connectivity index (χ3n) is 5.84. The molecule has 0 radical (unpaired) electrons. The Hall–Kier alpha value is -4.00. The molecule has 0 bridgehead atoms. The van der Waals surface area contributed by atoms with Gasteiger partial charge in [-0.3, -0.25) is 9.59 Å². The largest absolute Gasteiger partial charge is 0.497 e. The molecule has 0 unspecified atom stereocenters. The summed E-state index contributed by atoms with van der Waals surface area (Å²) in [7, 11) is 3.20. The van der Waals surface area contributed by atoms with Gasteiger partial charge in [0.2, 0.25) is 11.8 Å². The highest BCUT2D eigenvalue weighted by Gasteiger charge is 2.18. The van der Waals surface area contributed by atoms with Gasteiger partial charge < -0.3 is 24.8 Å². The molecule has 3 rings (SSSR count). The van der Waals surface area contributed by atoms with Gasteiger partial charge in [0.15, 0.2) is 0 Å². The lowest BCUT2D eigenvalue weighted by atomic mass is 10.1. The highest BCUT2D eigenvalue weighted by atomic mass is 16.5. The van der Waals surface area contributed by atoms with Crippen LogP contribution in [0, 0.1) is 5.92 Å². The van der Waals surface area contributed by atoms with Gasteiger partial charge in [-0.05, 0) is 65.4 Å². The van der Waals surface area contributed by atoms with Crippen LogP contribution in [0.1, 0.15) is 43.1 Å². The van der Waals surface area contributed by atoms with Crippen molar-refractivity contribution in [3.05, 3.63) is 89.5 Å². The summed E-state index contributed by atoms with van der Waals surface area (Å²) in [5, 5.41) is 5.92. The number of amides is 2. The lowest BCUT2D eigenvalue weighted by Crippen LogP contribution is -2.42. The number of rotatable bonds is 13. The Labute approximate surface area is 219 Å². The molecule has 0 saturated heterocycles. The van der Waals surface area contributed by atoms with E-state index >= 15 is 0 Å². The minimum atomic E-state index is -0.693. The average molecular weight is 505 g/mol. The van der Waals surface area contributed by atoms with Gasteiger partial charge in [0, 0.05) is 0 Å². The molecule has 0 heterocycles. The van der Waals surface area contributed by atoms with E-state index in [0.29, 0.717) is 12.5 Å². The van der Waals surface area contributed by atoms with E-state index in [-0.39, 0.29) is 24.7 Å². The standard InChI is InChI=1S/C30H36N2O5/c1-21(2)17-18-37-27-15-9-24(10-16-27)30(31-28(33)19-22-5-11-25(35-3)12-6-22)32-29(34)20-23-7-13-26(36-4)14-8-23/h5-16,21,30H,17-20H2,1-4H3,(H,31,33)(H,32,34). The molecule has 7 heteroatoms. The van der Waals surface area contributed by atoms with Gasteiger partial charge in [0.05, 0.1) is 33.7 Å². The third-order valence-corrected chi connectivity index (χ3v) is 5.84. The predicted molar refractivity (Wildman–Crippen MR) is 144 cm³/mol. The average Bonchev–Trinajstić information content (AvgIpc) is 2.89. The molecular weight excluding hydrogens is 468 g/mol. The fourth-order valence-corrected chi connectivity index (χ4v) is 3.65. The van der Waals surface area contributed by atoms with Crippen LogP contribution >= 0.6 is 0 Å². The van der Waals surface area contributed by atoms with Crippen molar-refractivity contribution in [1.29, 1.82) is 0 Å². The number of nitrogens with one attached hydrogen (secondary N) is 2. The first-order chi connectivity index (χ1) is 17.9. The maximum absolute atomic E-state index is 12.9. The summed E-state index contributed by atoms with van der Waals surface area (Å²) >= 11 is 0. The van der Waals surface area contributed by atoms with E-state index in [0.717, 1.165) is 40.4 Å². The van der Waals surface area contributed by atoms with Crippen LogP contribution in [0.5, 0.6) is 17.2 Å². The van der Waals surface area contributed by atoms with Crippen molar-refractivity contribution in [2.45, 2.75) is 39.3 Å². The van der Waals surface area contributed by atoms with E-state index in [9.17, 15) is 9.59 Å². The van der Waals surface area contributed by atoms with Crippen LogP contribution in [-0.2, 0) is 22.4 Å². The van der Waals surface area contributed by atoms with Crippen molar-refractivity contribution in [2.75, 3.05) is 20.8 Å². The van der Waals surface area contributed by atoms with Gasteiger partial charge in [0.25, 0.3) is 0 Å². The van der Waals surface area contributed by atoms with Crippen molar-refractivity contribution in [3.63, 3.8) is 0 Å². The first-order valence-corrected chi connectivity index (χ1v) is 12.4. The van der Waals surface area contributed by atoms with Crippen LogP contribution in [0.2, 0.25) is 0 Å². The molecule has 2 amide bonds. The minimum absolute atomic E-state index is 0.172. The molecule has 37 heavy (non-hydrogen) atoms. The molecule has 0 atom stereocenters. The zero-order chi connectivity index (χ0) is 26.6. The van der Waals surface area contributed by atoms with Crippen LogP contribution in [-0.4, -0.2) is 32.6 Å². The normalized spacial score (nSPS) is 10.8. The summed E-state index contributed by atoms with van der Waals surface area (Å²) in [5.41, 5.74) is 2.44. The Kier molecular flexibility index (Phi) is 10.4. The summed E-state index contributed by atoms with van der Waals surface area (Å²) in [5.74, 6) is 2.34. The molecule has 3 aromatic carbocycles. The third kappa shape index (κ3) is 9.18. The van der Waals surface area contributed by atoms with Gasteiger partial charge in [0.1, 0.15) is 23.4 Å². The van der Waals surface area contributed by atoms with Crippen LogP contribution < -0.4 is 24.8 Å². The predicted octanol–water partition coefficient (Wildman–Crippen LogP) is 4.85. The molecule has 0 aliphatic heterocycles. The summed E-state index contributed by atoms with van der Waals surface area (Å²) in [6.07, 6.45) is 0.616. The summed E-state index contributed by atoms with van der Waals surface area (Å²) in [4.78, 5) is 25.8. The van der Waals surface area contributed by atoms with Gasteiger partial charge in [-0.2, -0.15) is 0 Å². The molecular formula is C30H36N2O5. The molecule has 0 aliphatic carbocycles. The maximum atomic E-state index is 12.9. The van der Waals surface area contributed by atoms with E-state index in [4.69, 9.17) is 14.2 Å². The van der Waals surface area contributed by atoms with Gasteiger partial charge >= 0.3 is 0 Å². The van der Waals surface area contributed by atoms with Crippen LogP contribution in [0.4, 0.5) is 0 Å². The monoisotopic (exact) mass is 504 g/mol. The van der Waals surface area contributed by atoms with Crippen molar-refractivity contribution >= 4 is 11.8 Å².